The van der Waals surface area contributed by atoms with Gasteiger partial charge in [0.2, 0.25) is 0 Å². The normalized spacial score (nSPS) is 14.5. The minimum Gasteiger partial charge on any atom is -0.310 e. The summed E-state index contributed by atoms with van der Waals surface area (Å²) in [6, 6.07) is 4.14. The second-order valence-electron chi connectivity index (χ2n) is 4.97. The summed E-state index contributed by atoms with van der Waals surface area (Å²) < 4.78 is 26.2. The van der Waals surface area contributed by atoms with Crippen LogP contribution in [0.1, 0.15) is 45.6 Å². The van der Waals surface area contributed by atoms with Crippen LogP contribution in [0.15, 0.2) is 18.2 Å². The molecule has 1 rings (SSSR count). The molecule has 102 valence electrons. The molecule has 0 radical (unpaired) electrons. The number of hydrogen-bond donors (Lipinski definition) is 1. The molecule has 1 N–H and O–H groups in total. The van der Waals surface area contributed by atoms with E-state index in [1.165, 1.54) is 12.1 Å². The Morgan fingerprint density at radius 2 is 1.89 bits per heavy atom. The largest absolute Gasteiger partial charge is 0.310 e. The van der Waals surface area contributed by atoms with Crippen molar-refractivity contribution in [3.05, 3.63) is 35.4 Å². The molecule has 0 saturated carbocycles. The van der Waals surface area contributed by atoms with E-state index in [1.807, 2.05) is 0 Å². The minimum atomic E-state index is -0.525. The average molecular weight is 255 g/mol. The van der Waals surface area contributed by atoms with Crippen molar-refractivity contribution in [2.24, 2.45) is 5.92 Å². The monoisotopic (exact) mass is 255 g/mol. The van der Waals surface area contributed by atoms with Crippen LogP contribution in [-0.4, -0.2) is 6.04 Å². The Bertz CT molecular complexity index is 366. The van der Waals surface area contributed by atoms with E-state index in [-0.39, 0.29) is 0 Å². The maximum atomic E-state index is 13.5. The van der Waals surface area contributed by atoms with Crippen LogP contribution < -0.4 is 5.32 Å². The third kappa shape index (κ3) is 4.73. The van der Waals surface area contributed by atoms with Gasteiger partial charge in [-0.05, 0) is 24.8 Å². The van der Waals surface area contributed by atoms with Gasteiger partial charge >= 0.3 is 0 Å². The lowest BCUT2D eigenvalue weighted by atomic mass is 9.97. The van der Waals surface area contributed by atoms with Crippen molar-refractivity contribution in [1.82, 2.24) is 5.32 Å². The molecule has 2 atom stereocenters. The lowest BCUT2D eigenvalue weighted by Crippen LogP contribution is -2.30. The van der Waals surface area contributed by atoms with Crippen molar-refractivity contribution in [1.29, 1.82) is 0 Å². The summed E-state index contributed by atoms with van der Waals surface area (Å²) in [6.45, 7) is 6.99. The molecule has 0 fully saturated rings. The third-order valence-corrected chi connectivity index (χ3v) is 3.47. The lowest BCUT2D eigenvalue weighted by Gasteiger charge is -2.20. The van der Waals surface area contributed by atoms with Crippen molar-refractivity contribution in [3.8, 4) is 0 Å². The van der Waals surface area contributed by atoms with Gasteiger partial charge in [-0.25, -0.2) is 8.78 Å². The predicted molar refractivity (Wildman–Crippen MR) is 71.3 cm³/mol. The average Bonchev–Trinajstić information content (AvgIpc) is 2.35. The van der Waals surface area contributed by atoms with Crippen molar-refractivity contribution in [2.45, 2.75) is 52.6 Å². The number of benzene rings is 1. The van der Waals surface area contributed by atoms with Gasteiger partial charge in [-0.15, -0.1) is 0 Å². The highest BCUT2D eigenvalue weighted by atomic mass is 19.1. The Hall–Kier alpha value is -0.960. The van der Waals surface area contributed by atoms with Gasteiger partial charge in [-0.2, -0.15) is 0 Å². The molecule has 1 nitrogen and oxygen atoms in total. The van der Waals surface area contributed by atoms with Crippen LogP contribution in [0.4, 0.5) is 8.78 Å². The van der Waals surface area contributed by atoms with E-state index in [0.717, 1.165) is 25.3 Å². The molecule has 3 heteroatoms. The van der Waals surface area contributed by atoms with Crippen LogP contribution in [-0.2, 0) is 6.54 Å². The summed E-state index contributed by atoms with van der Waals surface area (Å²) in [5.41, 5.74) is 0.527. The third-order valence-electron chi connectivity index (χ3n) is 3.47. The van der Waals surface area contributed by atoms with Crippen molar-refractivity contribution in [3.63, 3.8) is 0 Å². The zero-order valence-electron chi connectivity index (χ0n) is 11.5. The van der Waals surface area contributed by atoms with Crippen molar-refractivity contribution >= 4 is 0 Å². The minimum absolute atomic E-state index is 0.393. The first-order valence-electron chi connectivity index (χ1n) is 6.74. The van der Waals surface area contributed by atoms with E-state index in [4.69, 9.17) is 0 Å². The fourth-order valence-electron chi connectivity index (χ4n) is 1.97. The first-order chi connectivity index (χ1) is 8.56. The summed E-state index contributed by atoms with van der Waals surface area (Å²) >= 11 is 0. The van der Waals surface area contributed by atoms with Gasteiger partial charge in [0.05, 0.1) is 0 Å². The molecular weight excluding hydrogens is 232 g/mol. The topological polar surface area (TPSA) is 12.0 Å². The van der Waals surface area contributed by atoms with E-state index < -0.39 is 11.6 Å². The van der Waals surface area contributed by atoms with Crippen LogP contribution in [0.5, 0.6) is 0 Å². The molecule has 18 heavy (non-hydrogen) atoms. The van der Waals surface area contributed by atoms with Crippen LogP contribution >= 0.6 is 0 Å². The Balaban J connectivity index is 2.51. The van der Waals surface area contributed by atoms with Gasteiger partial charge in [-0.1, -0.05) is 33.3 Å². The SMILES string of the molecule is CCC(C)CC(CC)NCc1ccc(F)cc1F. The summed E-state index contributed by atoms with van der Waals surface area (Å²) in [4.78, 5) is 0. The lowest BCUT2D eigenvalue weighted by molar-refractivity contribution is 0.381. The Kier molecular flexibility index (Phi) is 6.27. The van der Waals surface area contributed by atoms with E-state index >= 15 is 0 Å². The maximum absolute atomic E-state index is 13.5. The smallest absolute Gasteiger partial charge is 0.130 e. The molecule has 2 unspecified atom stereocenters. The molecule has 0 saturated heterocycles. The number of nitrogens with one attached hydrogen (secondary N) is 1. The molecule has 0 bridgehead atoms. The molecule has 0 aliphatic rings. The fourth-order valence-corrected chi connectivity index (χ4v) is 1.97. The Morgan fingerprint density at radius 3 is 2.44 bits per heavy atom. The summed E-state index contributed by atoms with van der Waals surface area (Å²) in [7, 11) is 0. The van der Waals surface area contributed by atoms with E-state index in [9.17, 15) is 8.78 Å². The van der Waals surface area contributed by atoms with Gasteiger partial charge < -0.3 is 5.32 Å². The molecule has 0 heterocycles. The highest BCUT2D eigenvalue weighted by Gasteiger charge is 2.11. The fraction of sp³-hybridized carbons (Fsp3) is 0.600. The maximum Gasteiger partial charge on any atom is 0.130 e. The van der Waals surface area contributed by atoms with E-state index in [2.05, 4.69) is 26.1 Å². The quantitative estimate of drug-likeness (QED) is 0.767. The van der Waals surface area contributed by atoms with Gasteiger partial charge in [0.15, 0.2) is 0 Å². The zero-order chi connectivity index (χ0) is 13.5. The molecule has 0 aromatic heterocycles. The highest BCUT2D eigenvalue weighted by molar-refractivity contribution is 5.18. The molecule has 0 amide bonds. The number of hydrogen-bond acceptors (Lipinski definition) is 1. The molecule has 0 spiro atoms. The van der Waals surface area contributed by atoms with Crippen LogP contribution in [0.25, 0.3) is 0 Å². The Morgan fingerprint density at radius 1 is 1.17 bits per heavy atom. The zero-order valence-corrected chi connectivity index (χ0v) is 11.5. The predicted octanol–water partition coefficient (Wildman–Crippen LogP) is 4.27. The van der Waals surface area contributed by atoms with Crippen LogP contribution in [0, 0.1) is 17.6 Å². The summed E-state index contributed by atoms with van der Waals surface area (Å²) in [5.74, 6) is -0.329. The molecule has 1 aromatic carbocycles. The highest BCUT2D eigenvalue weighted by Crippen LogP contribution is 2.14. The first-order valence-corrected chi connectivity index (χ1v) is 6.74. The van der Waals surface area contributed by atoms with E-state index in [1.54, 1.807) is 0 Å². The second kappa shape index (κ2) is 7.47. The summed E-state index contributed by atoms with van der Waals surface area (Å²) in [5, 5.41) is 3.35. The van der Waals surface area contributed by atoms with Gasteiger partial charge in [0.25, 0.3) is 0 Å². The Labute approximate surface area is 109 Å². The standard InChI is InChI=1S/C15H23F2N/c1-4-11(3)8-14(5-2)18-10-12-6-7-13(16)9-15(12)17/h6-7,9,11,14,18H,4-5,8,10H2,1-3H3. The first kappa shape index (κ1) is 15.1. The second-order valence-corrected chi connectivity index (χ2v) is 4.97. The van der Waals surface area contributed by atoms with Crippen LogP contribution in [0.2, 0.25) is 0 Å². The van der Waals surface area contributed by atoms with Gasteiger partial charge in [0, 0.05) is 24.2 Å². The van der Waals surface area contributed by atoms with Gasteiger partial charge in [0.1, 0.15) is 11.6 Å². The van der Waals surface area contributed by atoms with E-state index in [0.29, 0.717) is 24.1 Å². The molecular formula is C15H23F2N. The molecule has 0 aliphatic heterocycles. The van der Waals surface area contributed by atoms with Crippen molar-refractivity contribution < 1.29 is 8.78 Å². The molecule has 1 aromatic rings. The molecule has 0 aliphatic carbocycles. The summed E-state index contributed by atoms with van der Waals surface area (Å²) in [6.07, 6.45) is 3.27. The van der Waals surface area contributed by atoms with Crippen molar-refractivity contribution in [2.75, 3.05) is 0 Å². The van der Waals surface area contributed by atoms with Crippen LogP contribution in [0.3, 0.4) is 0 Å². The number of rotatable bonds is 7. The number of halogens is 2. The van der Waals surface area contributed by atoms with Gasteiger partial charge in [-0.3, -0.25) is 0 Å².